The zero-order chi connectivity index (χ0) is 17.2. The van der Waals surface area contributed by atoms with Gasteiger partial charge in [-0.3, -0.25) is 0 Å². The lowest BCUT2D eigenvalue weighted by molar-refractivity contribution is -0.00462. The van der Waals surface area contributed by atoms with Gasteiger partial charge in [0, 0.05) is 17.7 Å². The number of carbonyl (C=O) groups is 1. The molecule has 0 unspecified atom stereocenters. The van der Waals surface area contributed by atoms with Crippen LogP contribution in [0.3, 0.4) is 0 Å². The summed E-state index contributed by atoms with van der Waals surface area (Å²) < 4.78 is 11.1. The van der Waals surface area contributed by atoms with Gasteiger partial charge in [-0.2, -0.15) is 0 Å². The summed E-state index contributed by atoms with van der Waals surface area (Å²) in [4.78, 5) is 16.4. The highest BCUT2D eigenvalue weighted by Gasteiger charge is 2.53. The van der Waals surface area contributed by atoms with Crippen molar-refractivity contribution in [1.82, 2.24) is 15.6 Å². The van der Waals surface area contributed by atoms with Crippen LogP contribution in [0.1, 0.15) is 44.0 Å². The number of hydrogen-bond acceptors (Lipinski definition) is 4. The third kappa shape index (κ3) is 4.34. The number of urea groups is 1. The SMILES string of the molecule is COc1nc(C)cc(C)c1CNC(=O)N[C@@H]1C[C@]1(C)OC(C)C. The first kappa shape index (κ1) is 17.5. The van der Waals surface area contributed by atoms with Crippen LogP contribution in [0.4, 0.5) is 4.79 Å². The van der Waals surface area contributed by atoms with E-state index in [1.165, 1.54) is 0 Å². The third-order valence-corrected chi connectivity index (χ3v) is 4.05. The topological polar surface area (TPSA) is 72.5 Å². The van der Waals surface area contributed by atoms with Gasteiger partial charge in [0.05, 0.1) is 31.4 Å². The molecule has 0 bridgehead atoms. The van der Waals surface area contributed by atoms with E-state index in [2.05, 4.69) is 15.6 Å². The van der Waals surface area contributed by atoms with E-state index < -0.39 is 0 Å². The maximum Gasteiger partial charge on any atom is 0.315 e. The van der Waals surface area contributed by atoms with Gasteiger partial charge in [-0.05, 0) is 46.2 Å². The van der Waals surface area contributed by atoms with Gasteiger partial charge in [-0.15, -0.1) is 0 Å². The van der Waals surface area contributed by atoms with E-state index in [0.29, 0.717) is 12.4 Å². The lowest BCUT2D eigenvalue weighted by atomic mass is 10.1. The van der Waals surface area contributed by atoms with Crippen molar-refractivity contribution in [2.24, 2.45) is 0 Å². The Morgan fingerprint density at radius 2 is 2.17 bits per heavy atom. The fourth-order valence-electron chi connectivity index (χ4n) is 2.81. The predicted octanol–water partition coefficient (Wildman–Crippen LogP) is 2.46. The standard InChI is InChI=1S/C17H27N3O3/c1-10(2)23-17(5)8-14(17)20-16(21)18-9-13-11(3)7-12(4)19-15(13)22-6/h7,10,14H,8-9H2,1-6H3,(H2,18,20,21)/t14-,17+/m1/s1. The summed E-state index contributed by atoms with van der Waals surface area (Å²) in [6.45, 7) is 10.3. The number of hydrogen-bond donors (Lipinski definition) is 2. The normalized spacial score (nSPS) is 22.8. The maximum atomic E-state index is 12.1. The first-order valence-electron chi connectivity index (χ1n) is 7.98. The second-order valence-electron chi connectivity index (χ2n) is 6.63. The zero-order valence-corrected chi connectivity index (χ0v) is 14.8. The van der Waals surface area contributed by atoms with Crippen molar-refractivity contribution in [3.05, 3.63) is 22.9 Å². The molecule has 6 nitrogen and oxygen atoms in total. The van der Waals surface area contributed by atoms with Crippen molar-refractivity contribution in [2.75, 3.05) is 7.11 Å². The van der Waals surface area contributed by atoms with Crippen molar-refractivity contribution in [3.63, 3.8) is 0 Å². The Morgan fingerprint density at radius 1 is 1.48 bits per heavy atom. The summed E-state index contributed by atoms with van der Waals surface area (Å²) in [5.74, 6) is 0.558. The van der Waals surface area contributed by atoms with Gasteiger partial charge in [0.25, 0.3) is 0 Å². The van der Waals surface area contributed by atoms with Gasteiger partial charge in [0.2, 0.25) is 5.88 Å². The molecule has 0 aliphatic heterocycles. The molecular formula is C17H27N3O3. The summed E-state index contributed by atoms with van der Waals surface area (Å²) in [6, 6.07) is 1.84. The number of ether oxygens (including phenoxy) is 2. The minimum Gasteiger partial charge on any atom is -0.481 e. The highest BCUT2D eigenvalue weighted by molar-refractivity contribution is 5.75. The van der Waals surface area contributed by atoms with E-state index in [1.807, 2.05) is 40.7 Å². The lowest BCUT2D eigenvalue weighted by Crippen LogP contribution is -2.40. The molecule has 1 aliphatic carbocycles. The number of aromatic nitrogens is 1. The number of methoxy groups -OCH3 is 1. The van der Waals surface area contributed by atoms with E-state index in [9.17, 15) is 4.79 Å². The average Bonchev–Trinajstić information content (AvgIpc) is 3.04. The largest absolute Gasteiger partial charge is 0.481 e. The Morgan fingerprint density at radius 3 is 2.78 bits per heavy atom. The van der Waals surface area contributed by atoms with Gasteiger partial charge >= 0.3 is 6.03 Å². The van der Waals surface area contributed by atoms with Crippen molar-refractivity contribution in [1.29, 1.82) is 0 Å². The van der Waals surface area contributed by atoms with Gasteiger partial charge in [-0.25, -0.2) is 9.78 Å². The average molecular weight is 321 g/mol. The molecule has 1 fully saturated rings. The minimum absolute atomic E-state index is 0.0593. The number of pyridine rings is 1. The number of carbonyl (C=O) groups excluding carboxylic acids is 1. The van der Waals surface area contributed by atoms with Gasteiger partial charge < -0.3 is 20.1 Å². The number of nitrogens with one attached hydrogen (secondary N) is 2. The van der Waals surface area contributed by atoms with Crippen LogP contribution >= 0.6 is 0 Å². The first-order chi connectivity index (χ1) is 10.7. The van der Waals surface area contributed by atoms with Crippen LogP contribution in [0.5, 0.6) is 5.88 Å². The molecule has 2 N–H and O–H groups in total. The molecule has 23 heavy (non-hydrogen) atoms. The van der Waals surface area contributed by atoms with Crippen LogP contribution in [0.2, 0.25) is 0 Å². The van der Waals surface area contributed by atoms with E-state index in [1.54, 1.807) is 7.11 Å². The van der Waals surface area contributed by atoms with Crippen LogP contribution in [0, 0.1) is 13.8 Å². The van der Waals surface area contributed by atoms with E-state index in [4.69, 9.17) is 9.47 Å². The fourth-order valence-corrected chi connectivity index (χ4v) is 2.81. The van der Waals surface area contributed by atoms with Crippen LogP contribution in [0.25, 0.3) is 0 Å². The minimum atomic E-state index is -0.246. The molecule has 0 radical (unpaired) electrons. The molecule has 2 amide bonds. The molecule has 0 spiro atoms. The quantitative estimate of drug-likeness (QED) is 0.844. The Kier molecular flexibility index (Phi) is 5.14. The second-order valence-corrected chi connectivity index (χ2v) is 6.63. The lowest BCUT2D eigenvalue weighted by Gasteiger charge is -2.17. The Balaban J connectivity index is 1.89. The molecule has 1 aliphatic rings. The van der Waals surface area contributed by atoms with E-state index in [0.717, 1.165) is 23.2 Å². The first-order valence-corrected chi connectivity index (χ1v) is 7.98. The van der Waals surface area contributed by atoms with Crippen LogP contribution in [-0.4, -0.2) is 35.9 Å². The number of amides is 2. The van der Waals surface area contributed by atoms with Gasteiger partial charge in [-0.1, -0.05) is 0 Å². The molecule has 128 valence electrons. The summed E-state index contributed by atoms with van der Waals surface area (Å²) in [6.07, 6.45) is 0.993. The molecule has 1 aromatic rings. The van der Waals surface area contributed by atoms with Gasteiger partial charge in [0.15, 0.2) is 0 Å². The summed E-state index contributed by atoms with van der Waals surface area (Å²) >= 11 is 0. The van der Waals surface area contributed by atoms with Crippen LogP contribution < -0.4 is 15.4 Å². The third-order valence-electron chi connectivity index (χ3n) is 4.05. The highest BCUT2D eigenvalue weighted by Crippen LogP contribution is 2.40. The maximum absolute atomic E-state index is 12.1. The number of aryl methyl sites for hydroxylation is 2. The molecule has 1 aromatic heterocycles. The second kappa shape index (κ2) is 6.74. The van der Waals surface area contributed by atoms with Crippen LogP contribution in [0.15, 0.2) is 6.07 Å². The number of nitrogens with zero attached hydrogens (tertiary/aromatic N) is 1. The van der Waals surface area contributed by atoms with Crippen LogP contribution in [-0.2, 0) is 11.3 Å². The Labute approximate surface area is 138 Å². The summed E-state index contributed by atoms with van der Waals surface area (Å²) in [5.41, 5.74) is 2.59. The van der Waals surface area contributed by atoms with Crippen molar-refractivity contribution >= 4 is 6.03 Å². The molecular weight excluding hydrogens is 294 g/mol. The van der Waals surface area contributed by atoms with Crippen molar-refractivity contribution < 1.29 is 14.3 Å². The monoisotopic (exact) mass is 321 g/mol. The molecule has 2 atom stereocenters. The molecule has 2 rings (SSSR count). The smallest absolute Gasteiger partial charge is 0.315 e. The molecule has 1 heterocycles. The molecule has 0 aromatic carbocycles. The Hall–Kier alpha value is -1.82. The predicted molar refractivity (Wildman–Crippen MR) is 88.7 cm³/mol. The number of rotatable bonds is 6. The zero-order valence-electron chi connectivity index (χ0n) is 14.8. The summed E-state index contributed by atoms with van der Waals surface area (Å²) in [5, 5.41) is 5.82. The molecule has 1 saturated carbocycles. The Bertz CT molecular complexity index is 589. The van der Waals surface area contributed by atoms with Crippen molar-refractivity contribution in [3.8, 4) is 5.88 Å². The summed E-state index contributed by atoms with van der Waals surface area (Å²) in [7, 11) is 1.59. The highest BCUT2D eigenvalue weighted by atomic mass is 16.5. The molecule has 6 heteroatoms. The van der Waals surface area contributed by atoms with Crippen molar-refractivity contribution in [2.45, 2.75) is 65.3 Å². The van der Waals surface area contributed by atoms with E-state index >= 15 is 0 Å². The molecule has 0 saturated heterocycles. The van der Waals surface area contributed by atoms with E-state index in [-0.39, 0.29) is 23.8 Å². The fraction of sp³-hybridized carbons (Fsp3) is 0.647. The van der Waals surface area contributed by atoms with Gasteiger partial charge in [0.1, 0.15) is 0 Å².